The Hall–Kier alpha value is -0.835. The molecule has 0 radical (unpaired) electrons. The summed E-state index contributed by atoms with van der Waals surface area (Å²) in [6, 6.07) is 6.88. The molecule has 1 saturated heterocycles. The summed E-state index contributed by atoms with van der Waals surface area (Å²) in [5, 5.41) is 0. The molecule has 2 nitrogen and oxygen atoms in total. The maximum Gasteiger partial charge on any atom is 0.673 e. The number of hydrogen-bond donors (Lipinski definition) is 0. The van der Waals surface area contributed by atoms with E-state index >= 15 is 0 Å². The molecule has 3 atom stereocenters. The van der Waals surface area contributed by atoms with Crippen LogP contribution in [-0.4, -0.2) is 25.2 Å². The SMILES string of the molecule is CCCCCCCCCCCCCCC(CC1CP1(=O)CC)[n+]1ccccc1.F[B-](F)(F)F. The van der Waals surface area contributed by atoms with Crippen LogP contribution in [0.3, 0.4) is 0 Å². The van der Waals surface area contributed by atoms with E-state index in [-0.39, 0.29) is 0 Å². The Labute approximate surface area is 199 Å². The molecule has 0 N–H and O–H groups in total. The van der Waals surface area contributed by atoms with E-state index in [0.29, 0.717) is 11.7 Å². The molecule has 2 rings (SSSR count). The third-order valence-corrected chi connectivity index (χ3v) is 10.1. The first-order valence-corrected chi connectivity index (χ1v) is 15.2. The van der Waals surface area contributed by atoms with Gasteiger partial charge in [-0.1, -0.05) is 90.5 Å². The van der Waals surface area contributed by atoms with E-state index in [9.17, 15) is 21.8 Å². The average molecular weight is 493 g/mol. The summed E-state index contributed by atoms with van der Waals surface area (Å²) in [5.74, 6) is 0. The molecule has 0 amide bonds. The van der Waals surface area contributed by atoms with Gasteiger partial charge in [0.25, 0.3) is 0 Å². The fourth-order valence-corrected chi connectivity index (χ4v) is 7.26. The molecule has 3 unspecified atom stereocenters. The van der Waals surface area contributed by atoms with Crippen LogP contribution in [0.25, 0.3) is 0 Å². The van der Waals surface area contributed by atoms with E-state index in [1.54, 1.807) is 0 Å². The van der Waals surface area contributed by atoms with Crippen LogP contribution in [0, 0.1) is 0 Å². The Morgan fingerprint density at radius 3 is 1.70 bits per heavy atom. The average Bonchev–Trinajstić information content (AvgIpc) is 3.43. The quantitative estimate of drug-likeness (QED) is 0.0697. The molecule has 1 aromatic heterocycles. The van der Waals surface area contributed by atoms with E-state index < -0.39 is 14.4 Å². The molecule has 8 heteroatoms. The molecular formula is C25H45BF4NOP. The minimum Gasteiger partial charge on any atom is -0.418 e. The molecule has 1 aliphatic heterocycles. The highest BCUT2D eigenvalue weighted by atomic mass is 31.2. The van der Waals surface area contributed by atoms with Crippen molar-refractivity contribution in [2.45, 2.75) is 115 Å². The van der Waals surface area contributed by atoms with Crippen LogP contribution in [0.2, 0.25) is 0 Å². The lowest BCUT2D eigenvalue weighted by atomic mass is 10.0. The Morgan fingerprint density at radius 2 is 1.27 bits per heavy atom. The van der Waals surface area contributed by atoms with E-state index in [1.807, 2.05) is 0 Å². The molecule has 2 heterocycles. The second-order valence-corrected chi connectivity index (χ2v) is 13.1. The van der Waals surface area contributed by atoms with Gasteiger partial charge in [-0.05, 0) is 12.6 Å². The Bertz CT molecular complexity index is 654. The highest BCUT2D eigenvalue weighted by molar-refractivity contribution is 7.72. The van der Waals surface area contributed by atoms with Crippen LogP contribution in [-0.2, 0) is 4.57 Å². The van der Waals surface area contributed by atoms with Gasteiger partial charge in [0.15, 0.2) is 18.4 Å². The number of halogens is 4. The summed E-state index contributed by atoms with van der Waals surface area (Å²) in [4.78, 5) is 0. The van der Waals surface area contributed by atoms with Crippen molar-refractivity contribution in [2.24, 2.45) is 0 Å². The van der Waals surface area contributed by atoms with Gasteiger partial charge in [0.05, 0.1) is 7.14 Å². The van der Waals surface area contributed by atoms with Crippen molar-refractivity contribution >= 4 is 14.4 Å². The summed E-state index contributed by atoms with van der Waals surface area (Å²) < 4.78 is 53.9. The van der Waals surface area contributed by atoms with Gasteiger partial charge in [0.1, 0.15) is 0 Å². The maximum atomic E-state index is 12.6. The predicted octanol–water partition coefficient (Wildman–Crippen LogP) is 9.06. The zero-order valence-electron chi connectivity index (χ0n) is 20.7. The van der Waals surface area contributed by atoms with Crippen LogP contribution in [0.1, 0.15) is 110 Å². The standard InChI is InChI=1S/C25H45NOP.BF4/c1-3-5-6-7-8-9-10-11-12-13-14-16-19-24(26-20-17-15-18-21-26)22-25-23-28(25,27)4-2;2-1(3,4)5/h15,17-18,20-21,24-25H,3-14,16,19,22-23H2,1-2H3;/q+1;-1. The van der Waals surface area contributed by atoms with Crippen LogP contribution in [0.15, 0.2) is 30.6 Å². The topological polar surface area (TPSA) is 20.9 Å². The fourth-order valence-electron chi connectivity index (χ4n) is 4.54. The van der Waals surface area contributed by atoms with Crippen molar-refractivity contribution in [1.29, 1.82) is 0 Å². The van der Waals surface area contributed by atoms with Crippen molar-refractivity contribution < 1.29 is 26.4 Å². The molecule has 0 aliphatic carbocycles. The third kappa shape index (κ3) is 15.6. The summed E-state index contributed by atoms with van der Waals surface area (Å²) in [6.45, 7) is 4.40. The monoisotopic (exact) mass is 493 g/mol. The molecule has 0 spiro atoms. The van der Waals surface area contributed by atoms with E-state index in [4.69, 9.17) is 0 Å². The number of hydrogen-bond acceptors (Lipinski definition) is 1. The fraction of sp³-hybridized carbons (Fsp3) is 0.800. The minimum absolute atomic E-state index is 0.507. The first-order valence-electron chi connectivity index (χ1n) is 13.1. The van der Waals surface area contributed by atoms with Crippen LogP contribution in [0.4, 0.5) is 17.3 Å². The number of rotatable bonds is 17. The maximum absolute atomic E-state index is 12.6. The van der Waals surface area contributed by atoms with Gasteiger partial charge in [-0.2, -0.15) is 0 Å². The molecule has 1 aromatic rings. The van der Waals surface area contributed by atoms with Crippen LogP contribution < -0.4 is 4.57 Å². The van der Waals surface area contributed by atoms with E-state index in [0.717, 1.165) is 18.7 Å². The first-order chi connectivity index (χ1) is 15.7. The number of unbranched alkanes of at least 4 members (excludes halogenated alkanes) is 11. The van der Waals surface area contributed by atoms with Crippen molar-refractivity contribution in [3.05, 3.63) is 30.6 Å². The van der Waals surface area contributed by atoms with Gasteiger partial charge in [-0.25, -0.2) is 4.57 Å². The molecule has 1 aliphatic rings. The summed E-state index contributed by atoms with van der Waals surface area (Å²) in [6.07, 6.45) is 25.5. The van der Waals surface area contributed by atoms with Gasteiger partial charge in [0, 0.05) is 36.8 Å². The van der Waals surface area contributed by atoms with Crippen molar-refractivity contribution in [3.8, 4) is 0 Å². The van der Waals surface area contributed by atoms with E-state index in [2.05, 4.69) is 49.0 Å². The highest BCUT2D eigenvalue weighted by Gasteiger charge is 2.49. The smallest absolute Gasteiger partial charge is 0.418 e. The molecule has 192 valence electrons. The number of pyridine rings is 1. The zero-order valence-corrected chi connectivity index (χ0v) is 21.6. The molecular weight excluding hydrogens is 448 g/mol. The van der Waals surface area contributed by atoms with Crippen molar-refractivity contribution in [3.63, 3.8) is 0 Å². The number of aromatic nitrogens is 1. The molecule has 0 bridgehead atoms. The van der Waals surface area contributed by atoms with Crippen LogP contribution in [0.5, 0.6) is 0 Å². The molecule has 33 heavy (non-hydrogen) atoms. The second kappa shape index (κ2) is 16.7. The predicted molar refractivity (Wildman–Crippen MR) is 133 cm³/mol. The highest BCUT2D eigenvalue weighted by Crippen LogP contribution is 2.68. The van der Waals surface area contributed by atoms with Gasteiger partial charge < -0.3 is 21.8 Å². The Kier molecular flexibility index (Phi) is 15.3. The molecule has 0 aromatic carbocycles. The second-order valence-electron chi connectivity index (χ2n) is 9.49. The Balaban J connectivity index is 0.000000981. The molecule has 1 fully saturated rings. The lowest BCUT2D eigenvalue weighted by Gasteiger charge is -2.12. The normalized spacial score (nSPS) is 20.7. The van der Waals surface area contributed by atoms with Gasteiger partial charge in [-0.15, -0.1) is 0 Å². The van der Waals surface area contributed by atoms with Crippen molar-refractivity contribution in [1.82, 2.24) is 0 Å². The third-order valence-electron chi connectivity index (χ3n) is 6.68. The Morgan fingerprint density at radius 1 is 0.818 bits per heavy atom. The minimum atomic E-state index is -6.00. The van der Waals surface area contributed by atoms with Gasteiger partial charge in [-0.3, -0.25) is 0 Å². The number of nitrogens with zero attached hydrogens (tertiary/aromatic N) is 1. The lowest BCUT2D eigenvalue weighted by molar-refractivity contribution is -0.724. The summed E-state index contributed by atoms with van der Waals surface area (Å²) >= 11 is 0. The first kappa shape index (κ1) is 30.2. The van der Waals surface area contributed by atoms with Gasteiger partial charge >= 0.3 is 7.25 Å². The van der Waals surface area contributed by atoms with Crippen molar-refractivity contribution in [2.75, 3.05) is 12.3 Å². The van der Waals surface area contributed by atoms with Gasteiger partial charge in [0.2, 0.25) is 0 Å². The van der Waals surface area contributed by atoms with E-state index in [1.165, 1.54) is 83.5 Å². The summed E-state index contributed by atoms with van der Waals surface area (Å²) in [5.41, 5.74) is 0.507. The largest absolute Gasteiger partial charge is 0.673 e. The zero-order chi connectivity index (χ0) is 24.6. The van der Waals surface area contributed by atoms with Crippen LogP contribution >= 0.6 is 7.14 Å². The molecule has 0 saturated carbocycles. The lowest BCUT2D eigenvalue weighted by Crippen LogP contribution is -2.39. The summed E-state index contributed by atoms with van der Waals surface area (Å²) in [7, 11) is -7.76.